The van der Waals surface area contributed by atoms with Gasteiger partial charge in [0.2, 0.25) is 5.91 Å². The van der Waals surface area contributed by atoms with E-state index in [4.69, 9.17) is 23.2 Å². The second kappa shape index (κ2) is 11.0. The monoisotopic (exact) mass is 501 g/mol. The van der Waals surface area contributed by atoms with E-state index in [2.05, 4.69) is 46.6 Å². The van der Waals surface area contributed by atoms with E-state index in [1.165, 1.54) is 24.0 Å². The van der Waals surface area contributed by atoms with Gasteiger partial charge in [-0.15, -0.1) is 0 Å². The summed E-state index contributed by atoms with van der Waals surface area (Å²) in [6, 6.07) is 16.7. The fourth-order valence-electron chi connectivity index (χ4n) is 6.05. The minimum Gasteiger partial charge on any atom is -0.336 e. The lowest BCUT2D eigenvalue weighted by Gasteiger charge is -2.48. The summed E-state index contributed by atoms with van der Waals surface area (Å²) in [5, 5.41) is 4.89. The van der Waals surface area contributed by atoms with Crippen molar-refractivity contribution in [2.75, 3.05) is 39.8 Å². The van der Waals surface area contributed by atoms with E-state index < -0.39 is 0 Å². The van der Waals surface area contributed by atoms with Crippen LogP contribution in [0.1, 0.15) is 56.6 Å². The molecule has 1 atom stereocenters. The Kier molecular flexibility index (Phi) is 8.24. The van der Waals surface area contributed by atoms with Crippen LogP contribution in [0.15, 0.2) is 48.5 Å². The molecule has 2 heterocycles. The fourth-order valence-corrected chi connectivity index (χ4v) is 6.35. The Morgan fingerprint density at radius 2 is 1.76 bits per heavy atom. The molecule has 0 radical (unpaired) electrons. The smallest absolute Gasteiger partial charge is 0.219 e. The van der Waals surface area contributed by atoms with Gasteiger partial charge in [0.05, 0.1) is 15.6 Å². The van der Waals surface area contributed by atoms with Crippen molar-refractivity contribution < 1.29 is 4.79 Å². The minimum atomic E-state index is -0.210. The summed E-state index contributed by atoms with van der Waals surface area (Å²) in [7, 11) is 1.96. The molecule has 184 valence electrons. The first kappa shape index (κ1) is 25.5. The summed E-state index contributed by atoms with van der Waals surface area (Å²) in [6.07, 6.45) is 6.56. The second-order valence-corrected chi connectivity index (χ2v) is 10.9. The molecule has 6 heteroatoms. The maximum Gasteiger partial charge on any atom is 0.219 e. The molecule has 0 aromatic heterocycles. The molecular weight excluding hydrogens is 465 g/mol. The van der Waals surface area contributed by atoms with Gasteiger partial charge < -0.3 is 15.1 Å². The van der Waals surface area contributed by atoms with Crippen molar-refractivity contribution in [2.45, 2.75) is 56.4 Å². The van der Waals surface area contributed by atoms with Gasteiger partial charge in [-0.3, -0.25) is 4.79 Å². The van der Waals surface area contributed by atoms with Gasteiger partial charge in [-0.05, 0) is 74.9 Å². The molecule has 2 aliphatic rings. The van der Waals surface area contributed by atoms with Crippen molar-refractivity contribution in [2.24, 2.45) is 0 Å². The van der Waals surface area contributed by atoms with Crippen molar-refractivity contribution in [1.82, 2.24) is 15.1 Å². The van der Waals surface area contributed by atoms with Crippen LogP contribution in [-0.2, 0) is 15.7 Å². The molecule has 0 spiro atoms. The van der Waals surface area contributed by atoms with E-state index in [9.17, 15) is 4.79 Å². The Bertz CT molecular complexity index is 967. The molecule has 1 unspecified atom stereocenters. The molecule has 2 aromatic rings. The lowest BCUT2D eigenvalue weighted by molar-refractivity contribution is -0.136. The number of carbonyl (C=O) groups is 1. The Morgan fingerprint density at radius 3 is 2.38 bits per heavy atom. The molecule has 0 aliphatic carbocycles. The van der Waals surface area contributed by atoms with Crippen molar-refractivity contribution in [3.05, 3.63) is 69.7 Å². The molecular formula is C28H37Cl2N3O. The van der Waals surface area contributed by atoms with Crippen LogP contribution in [0.4, 0.5) is 0 Å². The Balaban J connectivity index is 1.40. The van der Waals surface area contributed by atoms with Crippen LogP contribution in [0.2, 0.25) is 10.0 Å². The first-order chi connectivity index (χ1) is 16.4. The van der Waals surface area contributed by atoms with Crippen LogP contribution in [0.5, 0.6) is 0 Å². The second-order valence-electron chi connectivity index (χ2n) is 10.1. The third-order valence-electron chi connectivity index (χ3n) is 8.24. The first-order valence-electron chi connectivity index (χ1n) is 12.5. The quantitative estimate of drug-likeness (QED) is 0.515. The number of benzene rings is 2. The Hall–Kier alpha value is -1.59. The number of nitrogens with one attached hydrogen (secondary N) is 1. The molecule has 2 fully saturated rings. The van der Waals surface area contributed by atoms with Crippen LogP contribution >= 0.6 is 23.2 Å². The fraction of sp³-hybridized carbons (Fsp3) is 0.536. The molecule has 2 aliphatic heterocycles. The summed E-state index contributed by atoms with van der Waals surface area (Å²) in [6.45, 7) is 6.84. The lowest BCUT2D eigenvalue weighted by atomic mass is 9.71. The van der Waals surface area contributed by atoms with E-state index in [1.54, 1.807) is 6.92 Å². The molecule has 0 saturated carbocycles. The maximum absolute atomic E-state index is 12.4. The van der Waals surface area contributed by atoms with Gasteiger partial charge in [0, 0.05) is 39.0 Å². The van der Waals surface area contributed by atoms with Gasteiger partial charge >= 0.3 is 0 Å². The van der Waals surface area contributed by atoms with Crippen molar-refractivity contribution in [1.29, 1.82) is 0 Å². The van der Waals surface area contributed by atoms with Crippen molar-refractivity contribution in [3.63, 3.8) is 0 Å². The number of rotatable bonds is 7. The zero-order valence-electron chi connectivity index (χ0n) is 20.5. The highest BCUT2D eigenvalue weighted by atomic mass is 35.5. The lowest BCUT2D eigenvalue weighted by Crippen LogP contribution is -2.53. The number of likely N-dealkylation sites (tertiary alicyclic amines) is 1. The van der Waals surface area contributed by atoms with Crippen LogP contribution < -0.4 is 5.32 Å². The predicted molar refractivity (Wildman–Crippen MR) is 142 cm³/mol. The van der Waals surface area contributed by atoms with Gasteiger partial charge in [-0.2, -0.15) is 0 Å². The van der Waals surface area contributed by atoms with Crippen LogP contribution in [0.25, 0.3) is 0 Å². The maximum atomic E-state index is 12.4. The van der Waals surface area contributed by atoms with E-state index in [0.29, 0.717) is 10.0 Å². The molecule has 4 rings (SSSR count). The normalized spacial score (nSPS) is 22.9. The number of hydrogen-bond donors (Lipinski definition) is 1. The third kappa shape index (κ3) is 5.31. The number of nitrogens with zero attached hydrogens (tertiary/aromatic N) is 2. The average Bonchev–Trinajstić information content (AvgIpc) is 2.87. The first-order valence-corrected chi connectivity index (χ1v) is 13.3. The van der Waals surface area contributed by atoms with Gasteiger partial charge in [-0.1, -0.05) is 59.6 Å². The highest BCUT2D eigenvalue weighted by Crippen LogP contribution is 2.40. The van der Waals surface area contributed by atoms with E-state index in [0.717, 1.165) is 58.4 Å². The topological polar surface area (TPSA) is 35.6 Å². The van der Waals surface area contributed by atoms with Gasteiger partial charge in [-0.25, -0.2) is 0 Å². The molecule has 0 bridgehead atoms. The number of hydrogen-bond acceptors (Lipinski definition) is 3. The zero-order chi connectivity index (χ0) is 24.2. The van der Waals surface area contributed by atoms with E-state index >= 15 is 0 Å². The Labute approximate surface area is 214 Å². The van der Waals surface area contributed by atoms with Gasteiger partial charge in [0.15, 0.2) is 0 Å². The minimum absolute atomic E-state index is 0.116. The van der Waals surface area contributed by atoms with Crippen LogP contribution in [-0.4, -0.2) is 55.5 Å². The number of carbonyl (C=O) groups excluding carboxylic acids is 1. The third-order valence-corrected chi connectivity index (χ3v) is 8.98. The van der Waals surface area contributed by atoms with Crippen LogP contribution in [0.3, 0.4) is 0 Å². The van der Waals surface area contributed by atoms with Gasteiger partial charge in [0.25, 0.3) is 0 Å². The molecule has 2 aromatic carbocycles. The molecule has 34 heavy (non-hydrogen) atoms. The van der Waals surface area contributed by atoms with Crippen LogP contribution in [0, 0.1) is 0 Å². The standard InChI is InChI=1S/C28H37Cl2N3O/c1-22(34)32(2)28(23-8-4-3-5-9-23)14-18-33(19-15-28)17-7-13-27(12-6-16-31-21-27)24-10-11-25(29)26(30)20-24/h3-5,8-11,20,31H,6-7,12-19,21H2,1-2H3. The highest BCUT2D eigenvalue weighted by molar-refractivity contribution is 6.42. The summed E-state index contributed by atoms with van der Waals surface area (Å²) >= 11 is 12.6. The SMILES string of the molecule is CC(=O)N(C)C1(c2ccccc2)CCN(CCCC2(c3ccc(Cl)c(Cl)c3)CCCNC2)CC1. The summed E-state index contributed by atoms with van der Waals surface area (Å²) in [4.78, 5) is 16.9. The summed E-state index contributed by atoms with van der Waals surface area (Å²) < 4.78 is 0. The number of piperidine rings is 2. The molecule has 2 saturated heterocycles. The van der Waals surface area contributed by atoms with Crippen molar-refractivity contribution in [3.8, 4) is 0 Å². The average molecular weight is 503 g/mol. The van der Waals surface area contributed by atoms with Crippen molar-refractivity contribution >= 4 is 29.1 Å². The number of amides is 1. The highest BCUT2D eigenvalue weighted by Gasteiger charge is 2.41. The molecule has 1 amide bonds. The number of halogens is 2. The largest absolute Gasteiger partial charge is 0.336 e. The Morgan fingerprint density at radius 1 is 1.03 bits per heavy atom. The van der Waals surface area contributed by atoms with E-state index in [-0.39, 0.29) is 16.9 Å². The summed E-state index contributed by atoms with van der Waals surface area (Å²) in [5.74, 6) is 0.130. The summed E-state index contributed by atoms with van der Waals surface area (Å²) in [5.41, 5.74) is 2.46. The predicted octanol–water partition coefficient (Wildman–Crippen LogP) is 5.86. The van der Waals surface area contributed by atoms with E-state index in [1.807, 2.05) is 24.1 Å². The van der Waals surface area contributed by atoms with Gasteiger partial charge in [0.1, 0.15) is 0 Å². The zero-order valence-corrected chi connectivity index (χ0v) is 22.0. The molecule has 1 N–H and O–H groups in total. The molecule has 4 nitrogen and oxygen atoms in total.